The number of hydrogen-bond donors (Lipinski definition) is 3. The number of fused-ring (bicyclic) bond motifs is 1. The lowest BCUT2D eigenvalue weighted by atomic mass is 10.2. The third kappa shape index (κ3) is 2.09. The van der Waals surface area contributed by atoms with Crippen LogP contribution in [0.1, 0.15) is 5.56 Å². The van der Waals surface area contributed by atoms with Crippen LogP contribution < -0.4 is 5.43 Å². The molecule has 5 nitrogen and oxygen atoms in total. The zero-order valence-electron chi connectivity index (χ0n) is 8.47. The maximum Gasteiger partial charge on any atom is 0.265 e. The number of hydrogen-bond acceptors (Lipinski definition) is 3. The summed E-state index contributed by atoms with van der Waals surface area (Å²) < 4.78 is 0. The topological polar surface area (TPSA) is 77.5 Å². The van der Waals surface area contributed by atoms with Crippen LogP contribution in [0.25, 0.3) is 10.9 Å². The molecule has 2 rings (SSSR count). The number of para-hydroxylation sites is 1. The van der Waals surface area contributed by atoms with E-state index in [0.29, 0.717) is 0 Å². The van der Waals surface area contributed by atoms with Crippen LogP contribution in [0.2, 0.25) is 0 Å². The number of benzene rings is 1. The van der Waals surface area contributed by atoms with Crippen LogP contribution in [0.4, 0.5) is 0 Å². The number of rotatable bonds is 3. The van der Waals surface area contributed by atoms with E-state index in [1.54, 1.807) is 6.20 Å². The summed E-state index contributed by atoms with van der Waals surface area (Å²) in [5.74, 6) is -0.531. The average molecular weight is 217 g/mol. The van der Waals surface area contributed by atoms with Crippen molar-refractivity contribution >= 4 is 23.0 Å². The number of nitrogens with zero attached hydrogens (tertiary/aromatic N) is 1. The Bertz CT molecular complexity index is 531. The molecule has 82 valence electrons. The maximum absolute atomic E-state index is 10.7. The lowest BCUT2D eigenvalue weighted by Gasteiger charge is -1.93. The molecule has 16 heavy (non-hydrogen) atoms. The summed E-state index contributed by atoms with van der Waals surface area (Å²) in [6, 6.07) is 7.78. The third-order valence-electron chi connectivity index (χ3n) is 2.16. The predicted molar refractivity (Wildman–Crippen MR) is 61.1 cm³/mol. The molecule has 0 unspecified atom stereocenters. The van der Waals surface area contributed by atoms with Gasteiger partial charge in [0, 0.05) is 22.7 Å². The summed E-state index contributed by atoms with van der Waals surface area (Å²) in [7, 11) is 0. The second-order valence-electron chi connectivity index (χ2n) is 3.24. The number of aromatic amines is 1. The van der Waals surface area contributed by atoms with E-state index in [4.69, 9.17) is 5.11 Å². The van der Waals surface area contributed by atoms with Gasteiger partial charge in [-0.2, -0.15) is 5.10 Å². The maximum atomic E-state index is 10.7. The number of carbonyl (C=O) groups excluding carboxylic acids is 1. The normalized spacial score (nSPS) is 11.1. The second-order valence-corrected chi connectivity index (χ2v) is 3.24. The molecule has 1 aromatic carbocycles. The zero-order valence-corrected chi connectivity index (χ0v) is 8.47. The van der Waals surface area contributed by atoms with E-state index in [1.165, 1.54) is 6.21 Å². The summed E-state index contributed by atoms with van der Waals surface area (Å²) >= 11 is 0. The lowest BCUT2D eigenvalue weighted by Crippen LogP contribution is -2.20. The number of aliphatic hydroxyl groups is 1. The molecule has 0 aliphatic carbocycles. The van der Waals surface area contributed by atoms with Gasteiger partial charge in [-0.1, -0.05) is 18.2 Å². The molecule has 0 radical (unpaired) electrons. The third-order valence-corrected chi connectivity index (χ3v) is 2.16. The van der Waals surface area contributed by atoms with Crippen LogP contribution in [0, 0.1) is 0 Å². The van der Waals surface area contributed by atoms with Gasteiger partial charge in [0.2, 0.25) is 0 Å². The van der Waals surface area contributed by atoms with Crippen molar-refractivity contribution in [2.24, 2.45) is 5.10 Å². The first-order valence-electron chi connectivity index (χ1n) is 4.80. The van der Waals surface area contributed by atoms with Crippen LogP contribution in [-0.4, -0.2) is 28.8 Å². The monoisotopic (exact) mass is 217 g/mol. The molecule has 1 heterocycles. The van der Waals surface area contributed by atoms with Crippen molar-refractivity contribution in [2.75, 3.05) is 6.61 Å². The van der Waals surface area contributed by atoms with Gasteiger partial charge in [0.25, 0.3) is 5.91 Å². The van der Waals surface area contributed by atoms with Crippen LogP contribution >= 0.6 is 0 Å². The molecule has 1 aromatic heterocycles. The van der Waals surface area contributed by atoms with E-state index in [2.05, 4.69) is 15.5 Å². The molecule has 2 aromatic rings. The van der Waals surface area contributed by atoms with E-state index in [-0.39, 0.29) is 0 Å². The van der Waals surface area contributed by atoms with Gasteiger partial charge in [-0.25, -0.2) is 5.43 Å². The molecule has 5 heteroatoms. The van der Waals surface area contributed by atoms with Crippen molar-refractivity contribution in [3.8, 4) is 0 Å². The zero-order chi connectivity index (χ0) is 11.4. The Morgan fingerprint density at radius 3 is 3.12 bits per heavy atom. The van der Waals surface area contributed by atoms with Crippen LogP contribution in [0.5, 0.6) is 0 Å². The van der Waals surface area contributed by atoms with E-state index in [0.717, 1.165) is 16.5 Å². The Morgan fingerprint density at radius 2 is 2.31 bits per heavy atom. The van der Waals surface area contributed by atoms with Gasteiger partial charge in [-0.3, -0.25) is 4.79 Å². The summed E-state index contributed by atoms with van der Waals surface area (Å²) in [5, 5.41) is 13.2. The number of hydrazone groups is 1. The minimum absolute atomic E-state index is 0.531. The fourth-order valence-corrected chi connectivity index (χ4v) is 1.41. The highest BCUT2D eigenvalue weighted by atomic mass is 16.3. The highest BCUT2D eigenvalue weighted by Gasteiger charge is 1.99. The molecule has 1 amide bonds. The molecular weight excluding hydrogens is 206 g/mol. The van der Waals surface area contributed by atoms with E-state index < -0.39 is 12.5 Å². The molecule has 0 aliphatic rings. The highest BCUT2D eigenvalue weighted by Crippen LogP contribution is 2.15. The Labute approximate surface area is 91.8 Å². The first-order valence-corrected chi connectivity index (χ1v) is 4.80. The largest absolute Gasteiger partial charge is 0.386 e. The Balaban J connectivity index is 2.18. The summed E-state index contributed by atoms with van der Waals surface area (Å²) in [6.07, 6.45) is 3.34. The number of amides is 1. The van der Waals surface area contributed by atoms with Gasteiger partial charge >= 0.3 is 0 Å². The molecule has 0 fully saturated rings. The molecule has 3 N–H and O–H groups in total. The number of H-pyrrole nitrogens is 1. The molecule has 0 atom stereocenters. The number of aromatic nitrogens is 1. The van der Waals surface area contributed by atoms with Crippen LogP contribution in [0.15, 0.2) is 35.6 Å². The van der Waals surface area contributed by atoms with E-state index in [9.17, 15) is 4.79 Å². The summed E-state index contributed by atoms with van der Waals surface area (Å²) in [4.78, 5) is 13.8. The van der Waals surface area contributed by atoms with Gasteiger partial charge in [0.15, 0.2) is 0 Å². The first kappa shape index (κ1) is 10.4. The molecule has 0 saturated heterocycles. The SMILES string of the molecule is O=C(CO)N/N=C/c1c[nH]c2ccccc12. The number of carbonyl (C=O) groups is 1. The quantitative estimate of drug-likeness (QED) is 0.520. The predicted octanol–water partition coefficient (Wildman–Crippen LogP) is 0.610. The van der Waals surface area contributed by atoms with Crippen molar-refractivity contribution in [2.45, 2.75) is 0 Å². The summed E-state index contributed by atoms with van der Waals surface area (Å²) in [6.45, 7) is -0.564. The highest BCUT2D eigenvalue weighted by molar-refractivity contribution is 5.99. The molecular formula is C11H11N3O2. The van der Waals surface area contributed by atoms with Crippen molar-refractivity contribution < 1.29 is 9.90 Å². The van der Waals surface area contributed by atoms with E-state index >= 15 is 0 Å². The summed E-state index contributed by atoms with van der Waals surface area (Å²) in [5.41, 5.74) is 4.10. The van der Waals surface area contributed by atoms with Crippen molar-refractivity contribution in [1.29, 1.82) is 0 Å². The number of aliphatic hydroxyl groups excluding tert-OH is 1. The Hall–Kier alpha value is -2.14. The molecule has 0 saturated carbocycles. The van der Waals surface area contributed by atoms with E-state index in [1.807, 2.05) is 24.3 Å². The first-order chi connectivity index (χ1) is 7.81. The van der Waals surface area contributed by atoms with Gasteiger partial charge in [0.1, 0.15) is 6.61 Å². The number of nitrogens with one attached hydrogen (secondary N) is 2. The van der Waals surface area contributed by atoms with Crippen molar-refractivity contribution in [1.82, 2.24) is 10.4 Å². The van der Waals surface area contributed by atoms with Gasteiger partial charge < -0.3 is 10.1 Å². The standard InChI is InChI=1S/C11H11N3O2/c15-7-11(16)14-13-6-8-5-12-10-4-2-1-3-9(8)10/h1-6,12,15H,7H2,(H,14,16)/b13-6+. The molecule has 0 aliphatic heterocycles. The van der Waals surface area contributed by atoms with Crippen LogP contribution in [0.3, 0.4) is 0 Å². The minimum atomic E-state index is -0.564. The Kier molecular flexibility index (Phi) is 2.98. The van der Waals surface area contributed by atoms with Crippen LogP contribution in [-0.2, 0) is 4.79 Å². The minimum Gasteiger partial charge on any atom is -0.386 e. The Morgan fingerprint density at radius 1 is 1.50 bits per heavy atom. The van der Waals surface area contributed by atoms with Gasteiger partial charge in [0.05, 0.1) is 6.21 Å². The molecule has 0 spiro atoms. The second kappa shape index (κ2) is 4.59. The van der Waals surface area contributed by atoms with Crippen molar-refractivity contribution in [3.05, 3.63) is 36.0 Å². The van der Waals surface area contributed by atoms with Crippen molar-refractivity contribution in [3.63, 3.8) is 0 Å². The fraction of sp³-hybridized carbons (Fsp3) is 0.0909. The van der Waals surface area contributed by atoms with Gasteiger partial charge in [-0.15, -0.1) is 0 Å². The van der Waals surface area contributed by atoms with Gasteiger partial charge in [-0.05, 0) is 6.07 Å². The molecule has 0 bridgehead atoms. The smallest absolute Gasteiger partial charge is 0.265 e. The average Bonchev–Trinajstić information content (AvgIpc) is 2.73. The fourth-order valence-electron chi connectivity index (χ4n) is 1.41. The lowest BCUT2D eigenvalue weighted by molar-refractivity contribution is -0.123.